The van der Waals surface area contributed by atoms with Crippen LogP contribution >= 0.6 is 11.3 Å². The zero-order valence-electron chi connectivity index (χ0n) is 21.6. The number of thiazole rings is 1. The van der Waals surface area contributed by atoms with Crippen LogP contribution in [0.4, 0.5) is 5.13 Å². The summed E-state index contributed by atoms with van der Waals surface area (Å²) >= 11 is 1.57. The molecular weight excluding hydrogens is 466 g/mol. The number of likely N-dealkylation sites (N-methyl/N-ethyl adjacent to an activating group) is 1. The standard InChI is InChI=1S/C30H35N3O2S/c1-5-32(6-2)19-20-33(30-31-28-26(35-4)18-17-22(3)29(28)36-30)27(34)21-25(23-13-9-7-10-14-23)24-15-11-8-12-16-24/h7-18,25H,5-6,19-21H2,1-4H3. The van der Waals surface area contributed by atoms with Crippen LogP contribution in [0.5, 0.6) is 5.75 Å². The Morgan fingerprint density at radius 2 is 1.53 bits per heavy atom. The molecular formula is C30H35N3O2S. The minimum atomic E-state index is -0.0264. The van der Waals surface area contributed by atoms with E-state index in [1.807, 2.05) is 53.4 Å². The van der Waals surface area contributed by atoms with Gasteiger partial charge in [0, 0.05) is 25.4 Å². The van der Waals surface area contributed by atoms with E-state index >= 15 is 0 Å². The van der Waals surface area contributed by atoms with Crippen LogP contribution in [0.2, 0.25) is 0 Å². The average Bonchev–Trinajstić information content (AvgIpc) is 3.37. The molecule has 0 saturated carbocycles. The first-order chi connectivity index (χ1) is 17.5. The van der Waals surface area contributed by atoms with E-state index in [2.05, 4.69) is 49.9 Å². The fraction of sp³-hybridized carbons (Fsp3) is 0.333. The van der Waals surface area contributed by atoms with Gasteiger partial charge in [-0.05, 0) is 42.8 Å². The Morgan fingerprint density at radius 3 is 2.08 bits per heavy atom. The summed E-state index contributed by atoms with van der Waals surface area (Å²) in [5, 5.41) is 0.731. The summed E-state index contributed by atoms with van der Waals surface area (Å²) in [5.74, 6) is 0.790. The van der Waals surface area contributed by atoms with Crippen LogP contribution in [0.3, 0.4) is 0 Å². The summed E-state index contributed by atoms with van der Waals surface area (Å²) in [5.41, 5.74) is 4.24. The van der Waals surface area contributed by atoms with Gasteiger partial charge in [0.25, 0.3) is 0 Å². The average molecular weight is 502 g/mol. The van der Waals surface area contributed by atoms with Crippen molar-refractivity contribution in [3.05, 3.63) is 89.5 Å². The van der Waals surface area contributed by atoms with Gasteiger partial charge in [-0.25, -0.2) is 4.98 Å². The lowest BCUT2D eigenvalue weighted by Crippen LogP contribution is -2.39. The fourth-order valence-electron chi connectivity index (χ4n) is 4.57. The maximum atomic E-state index is 14.0. The first kappa shape index (κ1) is 25.9. The number of methoxy groups -OCH3 is 1. The predicted molar refractivity (Wildman–Crippen MR) is 150 cm³/mol. The van der Waals surface area contributed by atoms with Crippen LogP contribution in [0.1, 0.15) is 42.9 Å². The first-order valence-corrected chi connectivity index (χ1v) is 13.4. The molecule has 36 heavy (non-hydrogen) atoms. The van der Waals surface area contributed by atoms with E-state index in [0.29, 0.717) is 13.0 Å². The molecule has 188 valence electrons. The number of fused-ring (bicyclic) bond motifs is 1. The lowest BCUT2D eigenvalue weighted by molar-refractivity contribution is -0.118. The Bertz CT molecular complexity index is 1230. The smallest absolute Gasteiger partial charge is 0.229 e. The molecule has 1 aromatic heterocycles. The van der Waals surface area contributed by atoms with Gasteiger partial charge < -0.3 is 9.64 Å². The molecule has 6 heteroatoms. The van der Waals surface area contributed by atoms with Crippen molar-refractivity contribution in [2.45, 2.75) is 33.1 Å². The van der Waals surface area contributed by atoms with E-state index < -0.39 is 0 Å². The molecule has 4 rings (SSSR count). The molecule has 3 aromatic carbocycles. The summed E-state index contributed by atoms with van der Waals surface area (Å²) in [6, 6.07) is 24.6. The van der Waals surface area contributed by atoms with Gasteiger partial charge in [-0.15, -0.1) is 0 Å². The minimum absolute atomic E-state index is 0.0264. The van der Waals surface area contributed by atoms with Gasteiger partial charge in [-0.1, -0.05) is 91.9 Å². The normalized spacial score (nSPS) is 11.4. The SMILES string of the molecule is CCN(CC)CCN(C(=O)CC(c1ccccc1)c1ccccc1)c1nc2c(OC)ccc(C)c2s1. The molecule has 0 N–H and O–H groups in total. The van der Waals surface area contributed by atoms with E-state index in [4.69, 9.17) is 9.72 Å². The van der Waals surface area contributed by atoms with Crippen LogP contribution in [-0.2, 0) is 4.79 Å². The van der Waals surface area contributed by atoms with E-state index in [0.717, 1.165) is 57.4 Å². The summed E-state index contributed by atoms with van der Waals surface area (Å²) in [4.78, 5) is 23.2. The second-order valence-electron chi connectivity index (χ2n) is 8.91. The number of nitrogens with zero attached hydrogens (tertiary/aromatic N) is 3. The maximum Gasteiger partial charge on any atom is 0.229 e. The summed E-state index contributed by atoms with van der Waals surface area (Å²) < 4.78 is 6.64. The van der Waals surface area contributed by atoms with Gasteiger partial charge in [-0.3, -0.25) is 9.69 Å². The number of carbonyl (C=O) groups is 1. The van der Waals surface area contributed by atoms with Crippen molar-refractivity contribution in [3.8, 4) is 5.75 Å². The lowest BCUT2D eigenvalue weighted by Gasteiger charge is -2.26. The molecule has 4 aromatic rings. The van der Waals surface area contributed by atoms with Crippen molar-refractivity contribution in [3.63, 3.8) is 0 Å². The highest BCUT2D eigenvalue weighted by atomic mass is 32.1. The van der Waals surface area contributed by atoms with Gasteiger partial charge in [0.05, 0.1) is 11.8 Å². The third-order valence-electron chi connectivity index (χ3n) is 6.76. The molecule has 1 amide bonds. The van der Waals surface area contributed by atoms with Crippen molar-refractivity contribution in [2.75, 3.05) is 38.2 Å². The van der Waals surface area contributed by atoms with Crippen LogP contribution in [0, 0.1) is 6.92 Å². The first-order valence-electron chi connectivity index (χ1n) is 12.6. The van der Waals surface area contributed by atoms with Crippen LogP contribution in [0.15, 0.2) is 72.8 Å². The van der Waals surface area contributed by atoms with E-state index in [1.165, 1.54) is 0 Å². The quantitative estimate of drug-likeness (QED) is 0.235. The maximum absolute atomic E-state index is 14.0. The van der Waals surface area contributed by atoms with E-state index in [-0.39, 0.29) is 11.8 Å². The van der Waals surface area contributed by atoms with Gasteiger partial charge in [0.1, 0.15) is 11.3 Å². The van der Waals surface area contributed by atoms with E-state index in [1.54, 1.807) is 18.4 Å². The van der Waals surface area contributed by atoms with Crippen molar-refractivity contribution in [1.82, 2.24) is 9.88 Å². The second kappa shape index (κ2) is 12.2. The summed E-state index contributed by atoms with van der Waals surface area (Å²) in [6.45, 7) is 9.67. The van der Waals surface area contributed by atoms with Gasteiger partial charge in [0.15, 0.2) is 5.13 Å². The molecule has 0 aliphatic rings. The lowest BCUT2D eigenvalue weighted by atomic mass is 9.88. The number of carbonyl (C=O) groups excluding carboxylic acids is 1. The van der Waals surface area contributed by atoms with Crippen molar-refractivity contribution in [2.24, 2.45) is 0 Å². The highest BCUT2D eigenvalue weighted by Gasteiger charge is 2.26. The molecule has 0 aliphatic carbocycles. The van der Waals surface area contributed by atoms with Crippen molar-refractivity contribution in [1.29, 1.82) is 0 Å². The largest absolute Gasteiger partial charge is 0.494 e. The van der Waals surface area contributed by atoms with Crippen molar-refractivity contribution < 1.29 is 9.53 Å². The monoisotopic (exact) mass is 501 g/mol. The summed E-state index contributed by atoms with van der Waals surface area (Å²) in [6.07, 6.45) is 0.373. The molecule has 0 saturated heterocycles. The number of aryl methyl sites for hydroxylation is 1. The molecule has 0 spiro atoms. The second-order valence-corrected chi connectivity index (χ2v) is 9.89. The Labute approximate surface area is 218 Å². The Kier molecular flexibility index (Phi) is 8.73. The molecule has 0 bridgehead atoms. The highest BCUT2D eigenvalue weighted by Crippen LogP contribution is 2.37. The fourth-order valence-corrected chi connectivity index (χ4v) is 5.67. The molecule has 5 nitrogen and oxygen atoms in total. The Balaban J connectivity index is 1.71. The van der Waals surface area contributed by atoms with Gasteiger partial charge >= 0.3 is 0 Å². The number of ether oxygens (including phenoxy) is 1. The molecule has 1 heterocycles. The molecule has 0 unspecified atom stereocenters. The topological polar surface area (TPSA) is 45.7 Å². The zero-order valence-corrected chi connectivity index (χ0v) is 22.4. The molecule has 0 fully saturated rings. The van der Waals surface area contributed by atoms with Crippen LogP contribution in [0.25, 0.3) is 10.2 Å². The van der Waals surface area contributed by atoms with Gasteiger partial charge in [0.2, 0.25) is 5.91 Å². The molecule has 0 atom stereocenters. The predicted octanol–water partition coefficient (Wildman–Crippen LogP) is 6.51. The molecule has 0 radical (unpaired) electrons. The number of benzene rings is 3. The van der Waals surface area contributed by atoms with Crippen molar-refractivity contribution >= 4 is 32.6 Å². The highest BCUT2D eigenvalue weighted by molar-refractivity contribution is 7.22. The third kappa shape index (κ3) is 5.77. The number of hydrogen-bond donors (Lipinski definition) is 0. The number of aromatic nitrogens is 1. The van der Waals surface area contributed by atoms with E-state index in [9.17, 15) is 4.79 Å². The minimum Gasteiger partial charge on any atom is -0.494 e. The summed E-state index contributed by atoms with van der Waals surface area (Å²) in [7, 11) is 1.66. The number of amides is 1. The Hall–Kier alpha value is -3.22. The van der Waals surface area contributed by atoms with Crippen LogP contribution in [-0.4, -0.2) is 49.1 Å². The number of anilines is 1. The van der Waals surface area contributed by atoms with Crippen LogP contribution < -0.4 is 9.64 Å². The van der Waals surface area contributed by atoms with Gasteiger partial charge in [-0.2, -0.15) is 0 Å². The number of rotatable bonds is 11. The zero-order chi connectivity index (χ0) is 25.5. The number of hydrogen-bond acceptors (Lipinski definition) is 5. The Morgan fingerprint density at radius 1 is 0.917 bits per heavy atom. The molecule has 0 aliphatic heterocycles. The third-order valence-corrected chi connectivity index (χ3v) is 7.97.